The monoisotopic (exact) mass is 375 g/mol. The van der Waals surface area contributed by atoms with Gasteiger partial charge in [0.25, 0.3) is 0 Å². The molecule has 2 aliphatic heterocycles. The topological polar surface area (TPSA) is 36.4 Å². The minimum absolute atomic E-state index is 0.203. The van der Waals surface area contributed by atoms with E-state index in [1.54, 1.807) is 0 Å². The third-order valence-corrected chi connectivity index (χ3v) is 7.13. The van der Waals surface area contributed by atoms with Gasteiger partial charge in [0.05, 0.1) is 6.04 Å². The van der Waals surface area contributed by atoms with Crippen LogP contribution in [0.25, 0.3) is 0 Å². The Balaban J connectivity index is 1.46. The SMILES string of the molecule is Cc1ccnc(N2C[C@H]3CN(C(=O)C4CCC4)[C@H](c4ccccc4C)[C@H]3C2)c1. The van der Waals surface area contributed by atoms with Gasteiger partial charge in [-0.05, 0) is 55.5 Å². The summed E-state index contributed by atoms with van der Waals surface area (Å²) in [5, 5.41) is 0. The summed E-state index contributed by atoms with van der Waals surface area (Å²) >= 11 is 0. The molecule has 3 aliphatic rings. The fourth-order valence-electron chi connectivity index (χ4n) is 5.36. The summed E-state index contributed by atoms with van der Waals surface area (Å²) in [6.45, 7) is 7.18. The summed E-state index contributed by atoms with van der Waals surface area (Å²) in [4.78, 5) is 22.5. The van der Waals surface area contributed by atoms with Crippen LogP contribution in [0, 0.1) is 31.6 Å². The van der Waals surface area contributed by atoms with Crippen LogP contribution in [-0.2, 0) is 4.79 Å². The minimum Gasteiger partial charge on any atom is -0.356 e. The van der Waals surface area contributed by atoms with Crippen molar-refractivity contribution in [3.63, 3.8) is 0 Å². The van der Waals surface area contributed by atoms with Crippen LogP contribution in [0.4, 0.5) is 5.82 Å². The molecule has 1 aromatic heterocycles. The molecule has 1 amide bonds. The number of amides is 1. The van der Waals surface area contributed by atoms with E-state index >= 15 is 0 Å². The van der Waals surface area contributed by atoms with Gasteiger partial charge in [0, 0.05) is 43.6 Å². The molecule has 0 spiro atoms. The molecule has 1 aliphatic carbocycles. The zero-order valence-corrected chi connectivity index (χ0v) is 16.8. The molecule has 28 heavy (non-hydrogen) atoms. The number of carbonyl (C=O) groups is 1. The number of hydrogen-bond acceptors (Lipinski definition) is 3. The Kier molecular flexibility index (Phi) is 4.37. The van der Waals surface area contributed by atoms with Gasteiger partial charge < -0.3 is 9.80 Å². The Labute approximate surface area is 167 Å². The summed E-state index contributed by atoms with van der Waals surface area (Å²) in [5.74, 6) is 2.74. The van der Waals surface area contributed by atoms with E-state index in [1.807, 2.05) is 6.20 Å². The van der Waals surface area contributed by atoms with Crippen LogP contribution in [0.3, 0.4) is 0 Å². The van der Waals surface area contributed by atoms with Crippen LogP contribution in [0.5, 0.6) is 0 Å². The number of carbonyl (C=O) groups excluding carboxylic acids is 1. The second kappa shape index (κ2) is 6.91. The number of fused-ring (bicyclic) bond motifs is 1. The minimum atomic E-state index is 0.203. The van der Waals surface area contributed by atoms with Crippen molar-refractivity contribution in [2.24, 2.45) is 17.8 Å². The van der Waals surface area contributed by atoms with Crippen molar-refractivity contribution < 1.29 is 4.79 Å². The third kappa shape index (κ3) is 2.90. The van der Waals surface area contributed by atoms with Gasteiger partial charge in [-0.15, -0.1) is 0 Å². The molecule has 1 aromatic carbocycles. The van der Waals surface area contributed by atoms with Gasteiger partial charge in [-0.2, -0.15) is 0 Å². The molecule has 0 unspecified atom stereocenters. The smallest absolute Gasteiger partial charge is 0.226 e. The Morgan fingerprint density at radius 2 is 1.89 bits per heavy atom. The lowest BCUT2D eigenvalue weighted by Gasteiger charge is -2.36. The summed E-state index contributed by atoms with van der Waals surface area (Å²) in [6, 6.07) is 13.1. The van der Waals surface area contributed by atoms with Crippen molar-refractivity contribution in [1.29, 1.82) is 0 Å². The number of pyridine rings is 1. The Bertz CT molecular complexity index is 891. The lowest BCUT2D eigenvalue weighted by atomic mass is 9.83. The average molecular weight is 376 g/mol. The number of benzene rings is 1. The maximum absolute atomic E-state index is 13.2. The summed E-state index contributed by atoms with van der Waals surface area (Å²) < 4.78 is 0. The standard InChI is InChI=1S/C24H29N3O/c1-16-10-11-25-22(12-16)26-13-19-14-27(24(28)18-7-5-8-18)23(21(19)15-26)20-9-4-3-6-17(20)2/h3-4,6,9-12,18-19,21,23H,5,7-8,13-15H2,1-2H3/t19-,21-,23+/m0/s1. The van der Waals surface area contributed by atoms with Crippen LogP contribution in [-0.4, -0.2) is 35.4 Å². The zero-order valence-electron chi connectivity index (χ0n) is 16.8. The van der Waals surface area contributed by atoms with E-state index in [4.69, 9.17) is 0 Å². The Morgan fingerprint density at radius 3 is 2.61 bits per heavy atom. The van der Waals surface area contributed by atoms with E-state index in [0.717, 1.165) is 38.3 Å². The van der Waals surface area contributed by atoms with Crippen LogP contribution in [0.15, 0.2) is 42.6 Å². The van der Waals surface area contributed by atoms with Crippen LogP contribution < -0.4 is 4.90 Å². The number of hydrogen-bond donors (Lipinski definition) is 0. The molecule has 3 fully saturated rings. The number of aryl methyl sites for hydroxylation is 2. The number of aromatic nitrogens is 1. The quantitative estimate of drug-likeness (QED) is 0.809. The highest BCUT2D eigenvalue weighted by atomic mass is 16.2. The first kappa shape index (κ1) is 17.7. The summed E-state index contributed by atoms with van der Waals surface area (Å²) in [5.41, 5.74) is 3.88. The van der Waals surface area contributed by atoms with E-state index < -0.39 is 0 Å². The fourth-order valence-corrected chi connectivity index (χ4v) is 5.36. The van der Waals surface area contributed by atoms with E-state index in [-0.39, 0.29) is 12.0 Å². The van der Waals surface area contributed by atoms with Gasteiger partial charge in [-0.1, -0.05) is 30.7 Å². The highest BCUT2D eigenvalue weighted by Crippen LogP contribution is 2.48. The molecule has 4 nitrogen and oxygen atoms in total. The summed E-state index contributed by atoms with van der Waals surface area (Å²) in [7, 11) is 0. The molecule has 2 saturated heterocycles. The van der Waals surface area contributed by atoms with Crippen LogP contribution in [0.1, 0.15) is 42.0 Å². The highest BCUT2D eigenvalue weighted by Gasteiger charge is 2.50. The number of likely N-dealkylation sites (tertiary alicyclic amines) is 1. The summed E-state index contributed by atoms with van der Waals surface area (Å²) in [6.07, 6.45) is 5.26. The molecular weight excluding hydrogens is 346 g/mol. The van der Waals surface area contributed by atoms with Gasteiger partial charge >= 0.3 is 0 Å². The molecule has 5 rings (SSSR count). The average Bonchev–Trinajstić information content (AvgIpc) is 3.19. The lowest BCUT2D eigenvalue weighted by Crippen LogP contribution is -2.41. The van der Waals surface area contributed by atoms with Crippen molar-refractivity contribution in [3.8, 4) is 0 Å². The highest BCUT2D eigenvalue weighted by molar-refractivity contribution is 5.80. The van der Waals surface area contributed by atoms with Gasteiger partial charge in [-0.3, -0.25) is 4.79 Å². The van der Waals surface area contributed by atoms with Crippen molar-refractivity contribution in [3.05, 3.63) is 59.3 Å². The Morgan fingerprint density at radius 1 is 1.07 bits per heavy atom. The second-order valence-corrected chi connectivity index (χ2v) is 8.94. The largest absolute Gasteiger partial charge is 0.356 e. The van der Waals surface area contributed by atoms with Crippen LogP contribution in [0.2, 0.25) is 0 Å². The van der Waals surface area contributed by atoms with Crippen LogP contribution >= 0.6 is 0 Å². The number of anilines is 1. The molecule has 146 valence electrons. The van der Waals surface area contributed by atoms with E-state index in [0.29, 0.717) is 17.7 Å². The van der Waals surface area contributed by atoms with E-state index in [1.165, 1.54) is 23.1 Å². The maximum atomic E-state index is 13.2. The zero-order chi connectivity index (χ0) is 19.3. The van der Waals surface area contributed by atoms with E-state index in [2.05, 4.69) is 65.0 Å². The molecule has 0 bridgehead atoms. The van der Waals surface area contributed by atoms with Crippen molar-refractivity contribution in [2.75, 3.05) is 24.5 Å². The maximum Gasteiger partial charge on any atom is 0.226 e. The normalized spacial score (nSPS) is 27.0. The molecule has 0 radical (unpaired) electrons. The number of nitrogens with zero attached hydrogens (tertiary/aromatic N) is 3. The fraction of sp³-hybridized carbons (Fsp3) is 0.500. The second-order valence-electron chi connectivity index (χ2n) is 8.94. The van der Waals surface area contributed by atoms with Crippen molar-refractivity contribution in [2.45, 2.75) is 39.2 Å². The Hall–Kier alpha value is -2.36. The molecule has 3 atom stereocenters. The molecule has 3 heterocycles. The van der Waals surface area contributed by atoms with Gasteiger partial charge in [0.1, 0.15) is 5.82 Å². The first-order valence-electron chi connectivity index (χ1n) is 10.7. The molecule has 0 N–H and O–H groups in total. The predicted octanol–water partition coefficient (Wildman–Crippen LogP) is 4.13. The first-order chi connectivity index (χ1) is 13.6. The number of rotatable bonds is 3. The third-order valence-electron chi connectivity index (χ3n) is 7.13. The molecule has 4 heteroatoms. The predicted molar refractivity (Wildman–Crippen MR) is 111 cm³/mol. The van der Waals surface area contributed by atoms with Crippen molar-refractivity contribution in [1.82, 2.24) is 9.88 Å². The van der Waals surface area contributed by atoms with Gasteiger partial charge in [-0.25, -0.2) is 4.98 Å². The molecule has 2 aromatic rings. The van der Waals surface area contributed by atoms with Gasteiger partial charge in [0.15, 0.2) is 0 Å². The van der Waals surface area contributed by atoms with Crippen molar-refractivity contribution >= 4 is 11.7 Å². The molecular formula is C24H29N3O. The van der Waals surface area contributed by atoms with E-state index in [9.17, 15) is 4.79 Å². The lowest BCUT2D eigenvalue weighted by molar-refractivity contribution is -0.139. The first-order valence-corrected chi connectivity index (χ1v) is 10.7. The van der Waals surface area contributed by atoms with Gasteiger partial charge in [0.2, 0.25) is 5.91 Å². The molecule has 1 saturated carbocycles.